The van der Waals surface area contributed by atoms with Crippen LogP contribution in [0, 0.1) is 12.8 Å². The number of aromatic nitrogens is 1. The van der Waals surface area contributed by atoms with E-state index in [4.69, 9.17) is 0 Å². The molecular weight excluding hydrogens is 220 g/mol. The molecule has 0 aliphatic heterocycles. The SMILES string of the molecule is CCCCC(CC)CC(NC)c1cncc(C)c1. The van der Waals surface area contributed by atoms with Crippen LogP contribution in [0.1, 0.15) is 63.1 Å². The van der Waals surface area contributed by atoms with Crippen molar-refractivity contribution in [3.05, 3.63) is 29.6 Å². The van der Waals surface area contributed by atoms with Crippen molar-refractivity contribution in [2.24, 2.45) is 5.92 Å². The van der Waals surface area contributed by atoms with E-state index in [1.54, 1.807) is 0 Å². The highest BCUT2D eigenvalue weighted by Gasteiger charge is 2.15. The molecule has 0 spiro atoms. The molecule has 1 heterocycles. The lowest BCUT2D eigenvalue weighted by Crippen LogP contribution is -2.20. The molecule has 1 N–H and O–H groups in total. The van der Waals surface area contributed by atoms with Crippen LogP contribution < -0.4 is 5.32 Å². The molecule has 102 valence electrons. The smallest absolute Gasteiger partial charge is 0.0335 e. The van der Waals surface area contributed by atoms with Gasteiger partial charge in [-0.25, -0.2) is 0 Å². The van der Waals surface area contributed by atoms with Crippen LogP contribution in [-0.2, 0) is 0 Å². The molecular formula is C16H28N2. The Morgan fingerprint density at radius 3 is 2.61 bits per heavy atom. The summed E-state index contributed by atoms with van der Waals surface area (Å²) in [7, 11) is 2.06. The van der Waals surface area contributed by atoms with Crippen LogP contribution in [0.2, 0.25) is 0 Å². The highest BCUT2D eigenvalue weighted by molar-refractivity contribution is 5.20. The number of hydrogen-bond donors (Lipinski definition) is 1. The predicted molar refractivity (Wildman–Crippen MR) is 78.7 cm³/mol. The van der Waals surface area contributed by atoms with E-state index in [1.807, 2.05) is 12.4 Å². The first-order valence-electron chi connectivity index (χ1n) is 7.30. The minimum atomic E-state index is 0.444. The first-order valence-corrected chi connectivity index (χ1v) is 7.30. The molecule has 0 radical (unpaired) electrons. The van der Waals surface area contributed by atoms with Crippen LogP contribution in [0.5, 0.6) is 0 Å². The van der Waals surface area contributed by atoms with Gasteiger partial charge in [0.15, 0.2) is 0 Å². The summed E-state index contributed by atoms with van der Waals surface area (Å²) in [6.45, 7) is 6.69. The molecule has 0 bridgehead atoms. The van der Waals surface area contributed by atoms with Gasteiger partial charge < -0.3 is 5.32 Å². The van der Waals surface area contributed by atoms with E-state index in [9.17, 15) is 0 Å². The summed E-state index contributed by atoms with van der Waals surface area (Å²) >= 11 is 0. The molecule has 2 atom stereocenters. The van der Waals surface area contributed by atoms with Gasteiger partial charge in [-0.15, -0.1) is 0 Å². The zero-order valence-corrected chi connectivity index (χ0v) is 12.4. The average molecular weight is 248 g/mol. The van der Waals surface area contributed by atoms with Gasteiger partial charge in [0, 0.05) is 18.4 Å². The van der Waals surface area contributed by atoms with Gasteiger partial charge in [-0.1, -0.05) is 45.6 Å². The maximum absolute atomic E-state index is 4.31. The van der Waals surface area contributed by atoms with Crippen LogP contribution in [-0.4, -0.2) is 12.0 Å². The maximum atomic E-state index is 4.31. The Labute approximate surface area is 112 Å². The van der Waals surface area contributed by atoms with Crippen LogP contribution in [0.15, 0.2) is 18.5 Å². The minimum Gasteiger partial charge on any atom is -0.313 e. The minimum absolute atomic E-state index is 0.444. The molecule has 18 heavy (non-hydrogen) atoms. The van der Waals surface area contributed by atoms with Gasteiger partial charge in [0.2, 0.25) is 0 Å². The Bertz CT molecular complexity index is 336. The number of rotatable bonds is 8. The molecule has 0 aliphatic rings. The molecule has 0 aliphatic carbocycles. The molecule has 1 rings (SSSR count). The predicted octanol–water partition coefficient (Wildman–Crippen LogP) is 4.26. The van der Waals surface area contributed by atoms with Gasteiger partial charge in [0.25, 0.3) is 0 Å². The summed E-state index contributed by atoms with van der Waals surface area (Å²) in [5.41, 5.74) is 2.57. The summed E-state index contributed by atoms with van der Waals surface area (Å²) < 4.78 is 0. The summed E-state index contributed by atoms with van der Waals surface area (Å²) in [6.07, 6.45) is 10.4. The summed E-state index contributed by atoms with van der Waals surface area (Å²) in [5, 5.41) is 3.45. The topological polar surface area (TPSA) is 24.9 Å². The zero-order chi connectivity index (χ0) is 13.4. The second kappa shape index (κ2) is 8.25. The van der Waals surface area contributed by atoms with Gasteiger partial charge >= 0.3 is 0 Å². The van der Waals surface area contributed by atoms with Crippen molar-refractivity contribution >= 4 is 0 Å². The number of aryl methyl sites for hydroxylation is 1. The molecule has 2 heteroatoms. The third-order valence-electron chi connectivity index (χ3n) is 3.76. The van der Waals surface area contributed by atoms with Gasteiger partial charge in [-0.2, -0.15) is 0 Å². The molecule has 1 aromatic heterocycles. The molecule has 1 aromatic rings. The van der Waals surface area contributed by atoms with Crippen molar-refractivity contribution in [3.63, 3.8) is 0 Å². The number of hydrogen-bond acceptors (Lipinski definition) is 2. The molecule has 2 unspecified atom stereocenters. The highest BCUT2D eigenvalue weighted by atomic mass is 14.9. The molecule has 0 saturated carbocycles. The fraction of sp³-hybridized carbons (Fsp3) is 0.688. The second-order valence-electron chi connectivity index (χ2n) is 5.29. The fourth-order valence-corrected chi connectivity index (χ4v) is 2.50. The van der Waals surface area contributed by atoms with Crippen LogP contribution in [0.25, 0.3) is 0 Å². The van der Waals surface area contributed by atoms with Crippen LogP contribution >= 0.6 is 0 Å². The normalized spacial score (nSPS) is 14.4. The Balaban J connectivity index is 2.65. The van der Waals surface area contributed by atoms with E-state index >= 15 is 0 Å². The van der Waals surface area contributed by atoms with Gasteiger partial charge in [0.05, 0.1) is 0 Å². The van der Waals surface area contributed by atoms with Crippen molar-refractivity contribution in [1.82, 2.24) is 10.3 Å². The quantitative estimate of drug-likeness (QED) is 0.743. The Hall–Kier alpha value is -0.890. The zero-order valence-electron chi connectivity index (χ0n) is 12.4. The average Bonchev–Trinajstić information content (AvgIpc) is 2.39. The van der Waals surface area contributed by atoms with E-state index < -0.39 is 0 Å². The Morgan fingerprint density at radius 1 is 1.28 bits per heavy atom. The monoisotopic (exact) mass is 248 g/mol. The number of unbranched alkanes of at least 4 members (excludes halogenated alkanes) is 1. The molecule has 0 fully saturated rings. The number of nitrogens with one attached hydrogen (secondary N) is 1. The molecule has 0 amide bonds. The molecule has 2 nitrogen and oxygen atoms in total. The lowest BCUT2D eigenvalue weighted by molar-refractivity contribution is 0.364. The van der Waals surface area contributed by atoms with E-state index in [2.05, 4.69) is 44.2 Å². The Kier molecular flexibility index (Phi) is 6.96. The largest absolute Gasteiger partial charge is 0.313 e. The Morgan fingerprint density at radius 2 is 2.06 bits per heavy atom. The van der Waals surface area contributed by atoms with E-state index in [1.165, 1.54) is 43.2 Å². The third-order valence-corrected chi connectivity index (χ3v) is 3.76. The number of nitrogens with zero attached hydrogens (tertiary/aromatic N) is 1. The van der Waals surface area contributed by atoms with Crippen molar-refractivity contribution in [1.29, 1.82) is 0 Å². The second-order valence-corrected chi connectivity index (χ2v) is 5.29. The van der Waals surface area contributed by atoms with Crippen LogP contribution in [0.3, 0.4) is 0 Å². The van der Waals surface area contributed by atoms with E-state index in [0.717, 1.165) is 5.92 Å². The first kappa shape index (κ1) is 15.2. The van der Waals surface area contributed by atoms with Gasteiger partial charge in [0.1, 0.15) is 0 Å². The van der Waals surface area contributed by atoms with Gasteiger partial charge in [-0.3, -0.25) is 4.98 Å². The number of pyridine rings is 1. The fourth-order valence-electron chi connectivity index (χ4n) is 2.50. The summed E-state index contributed by atoms with van der Waals surface area (Å²) in [4.78, 5) is 4.31. The summed E-state index contributed by atoms with van der Waals surface area (Å²) in [5.74, 6) is 0.822. The van der Waals surface area contributed by atoms with Crippen molar-refractivity contribution in [2.75, 3.05) is 7.05 Å². The maximum Gasteiger partial charge on any atom is 0.0335 e. The summed E-state index contributed by atoms with van der Waals surface area (Å²) in [6, 6.07) is 2.69. The molecule has 0 aromatic carbocycles. The van der Waals surface area contributed by atoms with Crippen molar-refractivity contribution < 1.29 is 0 Å². The standard InChI is InChI=1S/C16H28N2/c1-5-7-8-14(6-2)10-16(17-4)15-9-13(3)11-18-12-15/h9,11-12,14,16-17H,5-8,10H2,1-4H3. The van der Waals surface area contributed by atoms with Gasteiger partial charge in [-0.05, 0) is 37.4 Å². The van der Waals surface area contributed by atoms with Crippen LogP contribution in [0.4, 0.5) is 0 Å². The lowest BCUT2D eigenvalue weighted by atomic mass is 9.89. The van der Waals surface area contributed by atoms with Crippen molar-refractivity contribution in [3.8, 4) is 0 Å². The third kappa shape index (κ3) is 4.77. The first-order chi connectivity index (χ1) is 8.71. The molecule has 0 saturated heterocycles. The highest BCUT2D eigenvalue weighted by Crippen LogP contribution is 2.26. The van der Waals surface area contributed by atoms with E-state index in [-0.39, 0.29) is 0 Å². The van der Waals surface area contributed by atoms with E-state index in [0.29, 0.717) is 6.04 Å². The lowest BCUT2D eigenvalue weighted by Gasteiger charge is -2.22. The van der Waals surface area contributed by atoms with Crippen molar-refractivity contribution in [2.45, 2.75) is 58.9 Å².